The van der Waals surface area contributed by atoms with Crippen molar-refractivity contribution in [3.63, 3.8) is 0 Å². The highest BCUT2D eigenvalue weighted by atomic mass is 32.1. The van der Waals surface area contributed by atoms with Crippen LogP contribution in [0.2, 0.25) is 0 Å². The second-order valence-electron chi connectivity index (χ2n) is 6.68. The largest absolute Gasteiger partial charge is 0.374 e. The molecule has 0 spiro atoms. The van der Waals surface area contributed by atoms with Gasteiger partial charge in [-0.1, -0.05) is 77.4 Å². The predicted octanol–water partition coefficient (Wildman–Crippen LogP) is 5.19. The van der Waals surface area contributed by atoms with Crippen LogP contribution in [0.25, 0.3) is 0 Å². The molecule has 1 N–H and O–H groups in total. The maximum Gasteiger partial charge on any atom is 0.336 e. The lowest BCUT2D eigenvalue weighted by atomic mass is 10.1. The number of likely N-dealkylation sites (N-methyl/N-ethyl adjacent to an activating group) is 1. The number of rotatable bonds is 13. The minimum atomic E-state index is -0.492. The lowest BCUT2D eigenvalue weighted by Crippen LogP contribution is -2.42. The highest BCUT2D eigenvalue weighted by Gasteiger charge is 2.23. The molecule has 0 aromatic heterocycles. The van der Waals surface area contributed by atoms with Crippen LogP contribution in [0, 0.1) is 0 Å². The Hall–Kier alpha value is -1.28. The number of thiocarbonyl (C=S) groups is 2. The highest BCUT2D eigenvalue weighted by molar-refractivity contribution is 7.89. The van der Waals surface area contributed by atoms with Gasteiger partial charge < -0.3 is 15.0 Å². The molecule has 162 valence electrons. The molecule has 0 saturated carbocycles. The van der Waals surface area contributed by atoms with Crippen LogP contribution in [0.4, 0.5) is 0 Å². The molecule has 0 unspecified atom stereocenters. The van der Waals surface area contributed by atoms with E-state index in [0.717, 1.165) is 64.2 Å². The molecule has 0 bridgehead atoms. The van der Waals surface area contributed by atoms with Crippen LogP contribution in [0.3, 0.4) is 0 Å². The second kappa shape index (κ2) is 17.8. The normalized spacial score (nSPS) is 10.2. The fourth-order valence-corrected chi connectivity index (χ4v) is 2.81. The van der Waals surface area contributed by atoms with Crippen LogP contribution in [0.1, 0.15) is 97.8 Å². The summed E-state index contributed by atoms with van der Waals surface area (Å²) in [5.74, 6) is -0.984. The molecule has 8 heteroatoms. The minimum absolute atomic E-state index is 0.0319. The molecule has 0 amide bonds. The Labute approximate surface area is 180 Å². The van der Waals surface area contributed by atoms with Gasteiger partial charge in [0.2, 0.25) is 4.99 Å². The Kier molecular flexibility index (Phi) is 17.0. The van der Waals surface area contributed by atoms with Crippen molar-refractivity contribution in [2.24, 2.45) is 0 Å². The molecular weight excluding hydrogens is 396 g/mol. The molecule has 0 fully saturated rings. The van der Waals surface area contributed by atoms with E-state index >= 15 is 0 Å². The van der Waals surface area contributed by atoms with Crippen molar-refractivity contribution in [1.82, 2.24) is 10.5 Å². The van der Waals surface area contributed by atoms with Gasteiger partial charge in [0.05, 0.1) is 0 Å². The maximum absolute atomic E-state index is 12.1. The van der Waals surface area contributed by atoms with Gasteiger partial charge in [0, 0.05) is 19.4 Å². The van der Waals surface area contributed by atoms with E-state index in [1.807, 2.05) is 6.92 Å². The van der Waals surface area contributed by atoms with Crippen LogP contribution < -0.4 is 5.32 Å². The summed E-state index contributed by atoms with van der Waals surface area (Å²) in [7, 11) is 0. The van der Waals surface area contributed by atoms with Crippen molar-refractivity contribution in [1.29, 1.82) is 0 Å². The first-order valence-electron chi connectivity index (χ1n) is 10.5. The van der Waals surface area contributed by atoms with Gasteiger partial charge in [0.25, 0.3) is 0 Å². The molecule has 0 radical (unpaired) electrons. The molecular formula is C20H36N2O4S2. The van der Waals surface area contributed by atoms with Gasteiger partial charge in [0.1, 0.15) is 4.99 Å². The average Bonchev–Trinajstić information content (AvgIpc) is 2.66. The van der Waals surface area contributed by atoms with E-state index in [9.17, 15) is 9.59 Å². The third-order valence-electron chi connectivity index (χ3n) is 4.04. The number of carbonyl (C=O) groups excluding carboxylic acids is 2. The topological polar surface area (TPSA) is 67.9 Å². The predicted molar refractivity (Wildman–Crippen MR) is 120 cm³/mol. The van der Waals surface area contributed by atoms with E-state index in [4.69, 9.17) is 34.1 Å². The van der Waals surface area contributed by atoms with Crippen molar-refractivity contribution in [3.05, 3.63) is 0 Å². The zero-order valence-corrected chi connectivity index (χ0v) is 19.2. The van der Waals surface area contributed by atoms with Crippen molar-refractivity contribution < 1.29 is 19.3 Å². The van der Waals surface area contributed by atoms with E-state index in [1.165, 1.54) is 0 Å². The number of carbonyl (C=O) groups is 2. The van der Waals surface area contributed by atoms with E-state index in [0.29, 0.717) is 11.8 Å². The zero-order chi connectivity index (χ0) is 21.2. The number of nitrogens with zero attached hydrogens (tertiary/aromatic N) is 1. The Morgan fingerprint density at radius 3 is 1.57 bits per heavy atom. The number of hydroxylamine groups is 2. The number of nitrogens with one attached hydrogen (secondary N) is 1. The van der Waals surface area contributed by atoms with Crippen LogP contribution in [0.5, 0.6) is 0 Å². The van der Waals surface area contributed by atoms with Crippen molar-refractivity contribution >= 4 is 46.4 Å². The SMILES string of the molecule is CCCCCCCC(=O)ON(OC(=O)CCCCCCC)C(=S)C(=S)NCC. The van der Waals surface area contributed by atoms with Gasteiger partial charge in [-0.25, -0.2) is 9.59 Å². The van der Waals surface area contributed by atoms with E-state index in [1.54, 1.807) is 0 Å². The van der Waals surface area contributed by atoms with Gasteiger partial charge in [-0.15, -0.1) is 0 Å². The second-order valence-corrected chi connectivity index (χ2v) is 7.47. The first-order valence-corrected chi connectivity index (χ1v) is 11.3. The van der Waals surface area contributed by atoms with Crippen molar-refractivity contribution in [2.75, 3.05) is 6.54 Å². The summed E-state index contributed by atoms with van der Waals surface area (Å²) in [6, 6.07) is 0. The minimum Gasteiger partial charge on any atom is -0.374 e. The van der Waals surface area contributed by atoms with Gasteiger partial charge in [-0.2, -0.15) is 0 Å². The molecule has 6 nitrogen and oxygen atoms in total. The molecule has 0 atom stereocenters. The first kappa shape index (κ1) is 26.7. The molecule has 0 heterocycles. The molecule has 0 aromatic carbocycles. The molecule has 28 heavy (non-hydrogen) atoms. The monoisotopic (exact) mass is 432 g/mol. The Balaban J connectivity index is 4.56. The zero-order valence-electron chi connectivity index (χ0n) is 17.6. The summed E-state index contributed by atoms with van der Waals surface area (Å²) in [6.45, 7) is 6.70. The lowest BCUT2D eigenvalue weighted by Gasteiger charge is -2.22. The van der Waals surface area contributed by atoms with Crippen molar-refractivity contribution in [3.8, 4) is 0 Å². The number of unbranched alkanes of at least 4 members (excludes halogenated alkanes) is 8. The summed E-state index contributed by atoms with van der Waals surface area (Å²) in [4.78, 5) is 34.7. The summed E-state index contributed by atoms with van der Waals surface area (Å²) < 4.78 is 0. The van der Waals surface area contributed by atoms with Gasteiger partial charge in [-0.3, -0.25) is 0 Å². The van der Waals surface area contributed by atoms with Gasteiger partial charge in [-0.05, 0) is 37.2 Å². The van der Waals surface area contributed by atoms with E-state index in [-0.39, 0.29) is 22.8 Å². The number of hydrogen-bond acceptors (Lipinski definition) is 6. The first-order chi connectivity index (χ1) is 13.5. The summed E-state index contributed by atoms with van der Waals surface area (Å²) in [5.41, 5.74) is 0. The quantitative estimate of drug-likeness (QED) is 0.242. The maximum atomic E-state index is 12.1. The Bertz CT molecular complexity index is 459. The van der Waals surface area contributed by atoms with Crippen LogP contribution >= 0.6 is 24.4 Å². The molecule has 0 aliphatic carbocycles. The standard InChI is InChI=1S/C20H36N2O4S2/c1-4-7-9-11-13-15-17(23)25-22(20(28)19(27)21-6-3)26-18(24)16-14-12-10-8-5-2/h4-16H2,1-3H3,(H,21,27). The molecule has 0 aliphatic heterocycles. The molecule has 0 aliphatic rings. The van der Waals surface area contributed by atoms with E-state index < -0.39 is 11.9 Å². The lowest BCUT2D eigenvalue weighted by molar-refractivity contribution is -0.279. The third kappa shape index (κ3) is 13.8. The van der Waals surface area contributed by atoms with Crippen LogP contribution in [-0.2, 0) is 19.3 Å². The van der Waals surface area contributed by atoms with Crippen LogP contribution in [-0.4, -0.2) is 33.7 Å². The molecule has 0 saturated heterocycles. The summed E-state index contributed by atoms with van der Waals surface area (Å²) in [5, 5.41) is 3.57. The molecule has 0 aromatic rings. The number of hydrogen-bond donors (Lipinski definition) is 1. The third-order valence-corrected chi connectivity index (χ3v) is 4.86. The summed E-state index contributed by atoms with van der Waals surface area (Å²) >= 11 is 10.4. The fourth-order valence-electron chi connectivity index (χ4n) is 2.44. The summed E-state index contributed by atoms with van der Waals surface area (Å²) in [6.07, 6.45) is 10.6. The Morgan fingerprint density at radius 2 is 1.18 bits per heavy atom. The van der Waals surface area contributed by atoms with Gasteiger partial charge >= 0.3 is 11.9 Å². The Morgan fingerprint density at radius 1 is 0.750 bits per heavy atom. The van der Waals surface area contributed by atoms with Crippen molar-refractivity contribution in [2.45, 2.75) is 97.8 Å². The average molecular weight is 433 g/mol. The van der Waals surface area contributed by atoms with E-state index in [2.05, 4.69) is 19.2 Å². The van der Waals surface area contributed by atoms with Gasteiger partial charge in [0.15, 0.2) is 0 Å². The smallest absolute Gasteiger partial charge is 0.336 e. The fraction of sp³-hybridized carbons (Fsp3) is 0.800. The van der Waals surface area contributed by atoms with Crippen LogP contribution in [0.15, 0.2) is 0 Å². The molecule has 0 rings (SSSR count). The highest BCUT2D eigenvalue weighted by Crippen LogP contribution is 2.10.